The highest BCUT2D eigenvalue weighted by Crippen LogP contribution is 2.27. The van der Waals surface area contributed by atoms with E-state index in [-0.39, 0.29) is 36.6 Å². The van der Waals surface area contributed by atoms with E-state index in [0.29, 0.717) is 11.3 Å². The molecule has 1 aliphatic heterocycles. The van der Waals surface area contributed by atoms with Crippen molar-refractivity contribution in [1.29, 1.82) is 0 Å². The van der Waals surface area contributed by atoms with Crippen molar-refractivity contribution in [1.82, 2.24) is 5.32 Å². The van der Waals surface area contributed by atoms with E-state index in [2.05, 4.69) is 5.32 Å². The van der Waals surface area contributed by atoms with Gasteiger partial charge < -0.3 is 24.4 Å². The quantitative estimate of drug-likeness (QED) is 0.768. The molecule has 1 amide bonds. The van der Waals surface area contributed by atoms with E-state index >= 15 is 0 Å². The Kier molecular flexibility index (Phi) is 6.30. The van der Waals surface area contributed by atoms with Gasteiger partial charge in [-0.2, -0.15) is 0 Å². The number of methoxy groups -OCH3 is 2. The lowest BCUT2D eigenvalue weighted by molar-refractivity contribution is -0.140. The second-order valence-corrected chi connectivity index (χ2v) is 6.72. The maximum Gasteiger partial charge on any atom is 0.355 e. The van der Waals surface area contributed by atoms with Crippen molar-refractivity contribution in [3.63, 3.8) is 0 Å². The normalized spacial score (nSPS) is 17.4. The lowest BCUT2D eigenvalue weighted by Gasteiger charge is -2.31. The molecule has 0 unspecified atom stereocenters. The average molecular weight is 388 g/mol. The van der Waals surface area contributed by atoms with E-state index in [9.17, 15) is 14.4 Å². The van der Waals surface area contributed by atoms with Crippen molar-refractivity contribution in [2.24, 2.45) is 0 Å². The topological polar surface area (TPSA) is 94.2 Å². The van der Waals surface area contributed by atoms with E-state index in [1.54, 1.807) is 24.3 Å². The third-order valence-corrected chi connectivity index (χ3v) is 4.96. The first kappa shape index (κ1) is 19.9. The summed E-state index contributed by atoms with van der Waals surface area (Å²) < 4.78 is 15.0. The van der Waals surface area contributed by atoms with Gasteiger partial charge in [-0.1, -0.05) is 12.8 Å². The highest BCUT2D eigenvalue weighted by atomic mass is 16.5. The van der Waals surface area contributed by atoms with Gasteiger partial charge in [0, 0.05) is 17.3 Å². The van der Waals surface area contributed by atoms with E-state index in [1.807, 2.05) is 0 Å². The number of carbonyl (C=O) groups is 3. The molecular formula is C20H24N2O6. The minimum atomic E-state index is -0.660. The number of nitrogens with one attached hydrogen (secondary N) is 1. The number of rotatable bonds is 5. The summed E-state index contributed by atoms with van der Waals surface area (Å²) >= 11 is 0. The molecule has 1 heterocycles. The molecule has 1 fully saturated rings. The van der Waals surface area contributed by atoms with Gasteiger partial charge in [0.2, 0.25) is 0 Å². The summed E-state index contributed by atoms with van der Waals surface area (Å²) in [6.45, 7) is 0.0219. The van der Waals surface area contributed by atoms with Crippen LogP contribution in [0.3, 0.4) is 0 Å². The average Bonchev–Trinajstić information content (AvgIpc) is 3.25. The Labute approximate surface area is 163 Å². The van der Waals surface area contributed by atoms with Gasteiger partial charge in [0.25, 0.3) is 5.91 Å². The van der Waals surface area contributed by atoms with Gasteiger partial charge in [-0.25, -0.2) is 9.59 Å². The largest absolute Gasteiger partial charge is 0.466 e. The number of amides is 1. The predicted molar refractivity (Wildman–Crippen MR) is 101 cm³/mol. The van der Waals surface area contributed by atoms with Crippen molar-refractivity contribution in [3.8, 4) is 0 Å². The van der Waals surface area contributed by atoms with Crippen LogP contribution in [0.2, 0.25) is 0 Å². The lowest BCUT2D eigenvalue weighted by atomic mass is 10.1. The maximum atomic E-state index is 12.4. The Hall–Kier alpha value is -2.87. The highest BCUT2D eigenvalue weighted by molar-refractivity contribution is 6.03. The molecule has 0 bridgehead atoms. The van der Waals surface area contributed by atoms with Crippen LogP contribution in [0, 0.1) is 0 Å². The molecule has 1 aromatic carbocycles. The molecule has 2 aliphatic rings. The van der Waals surface area contributed by atoms with Crippen LogP contribution in [-0.2, 0) is 23.8 Å². The monoisotopic (exact) mass is 388 g/mol. The minimum Gasteiger partial charge on any atom is -0.466 e. The first-order valence-electron chi connectivity index (χ1n) is 9.21. The Morgan fingerprint density at radius 1 is 1.04 bits per heavy atom. The summed E-state index contributed by atoms with van der Waals surface area (Å²) in [5, 5.41) is 3.04. The number of carbonyl (C=O) groups excluding carboxylic acids is 3. The molecule has 150 valence electrons. The van der Waals surface area contributed by atoms with Crippen LogP contribution < -0.4 is 10.2 Å². The summed E-state index contributed by atoms with van der Waals surface area (Å²) in [6.07, 6.45) is 4.31. The van der Waals surface area contributed by atoms with E-state index in [0.717, 1.165) is 25.7 Å². The third kappa shape index (κ3) is 4.17. The second kappa shape index (κ2) is 8.88. The van der Waals surface area contributed by atoms with E-state index < -0.39 is 11.9 Å². The van der Waals surface area contributed by atoms with Crippen LogP contribution in [0.4, 0.5) is 5.69 Å². The van der Waals surface area contributed by atoms with Crippen molar-refractivity contribution >= 4 is 23.5 Å². The number of benzene rings is 1. The minimum absolute atomic E-state index is 0.0461. The summed E-state index contributed by atoms with van der Waals surface area (Å²) in [5.41, 5.74) is 1.29. The zero-order chi connectivity index (χ0) is 20.1. The van der Waals surface area contributed by atoms with E-state index in [4.69, 9.17) is 14.2 Å². The van der Waals surface area contributed by atoms with Gasteiger partial charge in [0.1, 0.15) is 12.4 Å². The molecular weight excluding hydrogens is 364 g/mol. The van der Waals surface area contributed by atoms with Gasteiger partial charge in [0.15, 0.2) is 0 Å². The first-order valence-corrected chi connectivity index (χ1v) is 9.21. The van der Waals surface area contributed by atoms with Crippen molar-refractivity contribution in [2.75, 3.05) is 32.5 Å². The zero-order valence-corrected chi connectivity index (χ0v) is 16.0. The molecule has 8 heteroatoms. The molecule has 1 saturated carbocycles. The molecule has 0 radical (unpaired) electrons. The third-order valence-electron chi connectivity index (χ3n) is 4.96. The summed E-state index contributed by atoms with van der Waals surface area (Å²) in [6, 6.07) is 7.01. The van der Waals surface area contributed by atoms with Crippen LogP contribution in [-0.4, -0.2) is 51.4 Å². The van der Waals surface area contributed by atoms with Crippen LogP contribution in [0.5, 0.6) is 0 Å². The number of anilines is 1. The standard InChI is InChI=1S/C20H24N2O6/c1-26-19(24)16-11-28-12-22(17(16)20(25)27-2)15-9-7-13(8-10-15)18(23)21-14-5-3-4-6-14/h7-10,14H,3-6,11-12H2,1-2H3,(H,21,23). The Bertz CT molecular complexity index is 780. The molecule has 1 aromatic rings. The second-order valence-electron chi connectivity index (χ2n) is 6.72. The lowest BCUT2D eigenvalue weighted by Crippen LogP contribution is -2.38. The number of ether oxygens (including phenoxy) is 3. The molecule has 28 heavy (non-hydrogen) atoms. The van der Waals surface area contributed by atoms with Gasteiger partial charge >= 0.3 is 11.9 Å². The fourth-order valence-corrected chi connectivity index (χ4v) is 3.48. The molecule has 3 rings (SSSR count). The Morgan fingerprint density at radius 3 is 2.29 bits per heavy atom. The van der Waals surface area contributed by atoms with Crippen LogP contribution in [0.1, 0.15) is 36.0 Å². The summed E-state index contributed by atoms with van der Waals surface area (Å²) in [4.78, 5) is 38.3. The number of hydrogen-bond donors (Lipinski definition) is 1. The van der Waals surface area contributed by atoms with Crippen LogP contribution in [0.15, 0.2) is 35.5 Å². The van der Waals surface area contributed by atoms with Gasteiger partial charge in [-0.3, -0.25) is 4.79 Å². The van der Waals surface area contributed by atoms with Crippen molar-refractivity contribution < 1.29 is 28.6 Å². The van der Waals surface area contributed by atoms with Crippen LogP contribution >= 0.6 is 0 Å². The molecule has 8 nitrogen and oxygen atoms in total. The van der Waals surface area contributed by atoms with E-state index in [1.165, 1.54) is 19.1 Å². The van der Waals surface area contributed by atoms with Gasteiger partial charge in [0.05, 0.1) is 26.4 Å². The highest BCUT2D eigenvalue weighted by Gasteiger charge is 2.32. The molecule has 0 spiro atoms. The molecule has 0 atom stereocenters. The van der Waals surface area contributed by atoms with Crippen molar-refractivity contribution in [3.05, 3.63) is 41.1 Å². The Balaban J connectivity index is 1.83. The smallest absolute Gasteiger partial charge is 0.355 e. The molecule has 0 aromatic heterocycles. The zero-order valence-electron chi connectivity index (χ0n) is 16.0. The molecule has 1 N–H and O–H groups in total. The summed E-state index contributed by atoms with van der Waals surface area (Å²) in [7, 11) is 2.48. The van der Waals surface area contributed by atoms with Gasteiger partial charge in [-0.05, 0) is 37.1 Å². The number of nitrogens with zero attached hydrogens (tertiary/aromatic N) is 1. The predicted octanol–water partition coefficient (Wildman–Crippen LogP) is 1.75. The molecule has 0 saturated heterocycles. The fourth-order valence-electron chi connectivity index (χ4n) is 3.48. The van der Waals surface area contributed by atoms with Gasteiger partial charge in [-0.15, -0.1) is 0 Å². The van der Waals surface area contributed by atoms with Crippen LogP contribution in [0.25, 0.3) is 0 Å². The maximum absolute atomic E-state index is 12.4. The Morgan fingerprint density at radius 2 is 1.68 bits per heavy atom. The fraction of sp³-hybridized carbons (Fsp3) is 0.450. The number of hydrogen-bond acceptors (Lipinski definition) is 7. The summed E-state index contributed by atoms with van der Waals surface area (Å²) in [5.74, 6) is -1.43. The SMILES string of the molecule is COC(=O)C1=C(C(=O)OC)N(c2ccc(C(=O)NC3CCCC3)cc2)COC1. The first-order chi connectivity index (χ1) is 13.5. The molecule has 1 aliphatic carbocycles. The number of esters is 2. The van der Waals surface area contributed by atoms with Crippen molar-refractivity contribution in [2.45, 2.75) is 31.7 Å².